The lowest BCUT2D eigenvalue weighted by Crippen LogP contribution is -2.34. The highest BCUT2D eigenvalue weighted by atomic mass is 15.1. The maximum atomic E-state index is 4.31. The van der Waals surface area contributed by atoms with E-state index in [9.17, 15) is 0 Å². The molecule has 0 bridgehead atoms. The van der Waals surface area contributed by atoms with Crippen LogP contribution in [0.1, 0.15) is 25.3 Å². The largest absolute Gasteiger partial charge is 0.372 e. The van der Waals surface area contributed by atoms with E-state index in [1.807, 2.05) is 0 Å². The molecule has 108 valence electrons. The molecule has 1 aromatic carbocycles. The van der Waals surface area contributed by atoms with E-state index in [2.05, 4.69) is 73.7 Å². The maximum Gasteiger partial charge on any atom is 0.0335 e. The van der Waals surface area contributed by atoms with Gasteiger partial charge >= 0.3 is 0 Å². The molecule has 0 radical (unpaired) electrons. The summed E-state index contributed by atoms with van der Waals surface area (Å²) in [6.45, 7) is 12.8. The molecule has 0 aliphatic carbocycles. The maximum absolute atomic E-state index is 4.31. The Kier molecular flexibility index (Phi) is 5.02. The zero-order valence-electron chi connectivity index (χ0n) is 13.0. The van der Waals surface area contributed by atoms with E-state index >= 15 is 0 Å². The van der Waals surface area contributed by atoms with Gasteiger partial charge < -0.3 is 9.80 Å². The molecule has 0 aromatic heterocycles. The number of hydrogen-bond acceptors (Lipinski definition) is 2. The first-order valence-corrected chi connectivity index (χ1v) is 7.54. The molecule has 2 heteroatoms. The van der Waals surface area contributed by atoms with Gasteiger partial charge in [0.15, 0.2) is 0 Å². The average molecular weight is 270 g/mol. The number of hydrogen-bond donors (Lipinski definition) is 0. The van der Waals surface area contributed by atoms with Gasteiger partial charge in [-0.05, 0) is 32.0 Å². The number of benzene rings is 1. The molecule has 20 heavy (non-hydrogen) atoms. The molecule has 0 amide bonds. The minimum atomic E-state index is 0.470. The Morgan fingerprint density at radius 3 is 2.50 bits per heavy atom. The van der Waals surface area contributed by atoms with Crippen LogP contribution in [0.3, 0.4) is 0 Å². The molecule has 2 rings (SSSR count). The molecular weight excluding hydrogens is 244 g/mol. The lowest BCUT2D eigenvalue weighted by atomic mass is 9.91. The van der Waals surface area contributed by atoms with Crippen LogP contribution >= 0.6 is 0 Å². The standard InChI is InChI=1S/C18H26N2/c1-5-20(6-2)15(3)17-12-18(14-19(4)13-17)16-10-8-7-9-11-16/h7-12,18H,3,5-6,13-14H2,1-2,4H3. The van der Waals surface area contributed by atoms with E-state index in [0.717, 1.165) is 26.2 Å². The summed E-state index contributed by atoms with van der Waals surface area (Å²) in [6.07, 6.45) is 2.41. The fourth-order valence-electron chi connectivity index (χ4n) is 2.94. The van der Waals surface area contributed by atoms with Crippen molar-refractivity contribution in [3.8, 4) is 0 Å². The van der Waals surface area contributed by atoms with E-state index in [1.165, 1.54) is 16.8 Å². The number of nitrogens with zero attached hydrogens (tertiary/aromatic N) is 2. The fraction of sp³-hybridized carbons (Fsp3) is 0.444. The summed E-state index contributed by atoms with van der Waals surface area (Å²) in [5, 5.41) is 0. The Labute approximate surface area is 123 Å². The van der Waals surface area contributed by atoms with Crippen LogP contribution < -0.4 is 0 Å². The molecule has 1 aliphatic rings. The molecule has 0 spiro atoms. The first-order chi connectivity index (χ1) is 9.65. The third-order valence-electron chi connectivity index (χ3n) is 4.09. The highest BCUT2D eigenvalue weighted by Gasteiger charge is 2.21. The van der Waals surface area contributed by atoms with Crippen LogP contribution in [0, 0.1) is 0 Å². The van der Waals surface area contributed by atoms with Crippen LogP contribution in [0.5, 0.6) is 0 Å². The summed E-state index contributed by atoms with van der Waals surface area (Å²) in [5.41, 5.74) is 3.95. The van der Waals surface area contributed by atoms with Crippen molar-refractivity contribution in [3.63, 3.8) is 0 Å². The highest BCUT2D eigenvalue weighted by molar-refractivity contribution is 5.36. The summed E-state index contributed by atoms with van der Waals surface area (Å²) in [7, 11) is 2.19. The monoisotopic (exact) mass is 270 g/mol. The van der Waals surface area contributed by atoms with Gasteiger partial charge in [0.2, 0.25) is 0 Å². The van der Waals surface area contributed by atoms with Gasteiger partial charge in [-0.1, -0.05) is 43.0 Å². The summed E-state index contributed by atoms with van der Waals surface area (Å²) in [6, 6.07) is 10.8. The number of likely N-dealkylation sites (N-methyl/N-ethyl adjacent to an activating group) is 2. The van der Waals surface area contributed by atoms with Crippen LogP contribution in [-0.2, 0) is 0 Å². The normalized spacial score (nSPS) is 19.6. The molecule has 1 heterocycles. The molecule has 0 saturated heterocycles. The molecule has 1 aromatic rings. The van der Waals surface area contributed by atoms with E-state index in [4.69, 9.17) is 0 Å². The summed E-state index contributed by atoms with van der Waals surface area (Å²) >= 11 is 0. The van der Waals surface area contributed by atoms with Crippen LogP contribution in [0.15, 0.2) is 54.3 Å². The molecule has 1 atom stereocenters. The van der Waals surface area contributed by atoms with Crippen molar-refractivity contribution in [1.82, 2.24) is 9.80 Å². The van der Waals surface area contributed by atoms with E-state index in [-0.39, 0.29) is 0 Å². The summed E-state index contributed by atoms with van der Waals surface area (Å²) in [5.74, 6) is 0.470. The fourth-order valence-corrected chi connectivity index (χ4v) is 2.94. The van der Waals surface area contributed by atoms with E-state index in [0.29, 0.717) is 5.92 Å². The van der Waals surface area contributed by atoms with Crippen molar-refractivity contribution in [1.29, 1.82) is 0 Å². The van der Waals surface area contributed by atoms with Crippen molar-refractivity contribution in [2.45, 2.75) is 19.8 Å². The van der Waals surface area contributed by atoms with Crippen molar-refractivity contribution in [2.24, 2.45) is 0 Å². The highest BCUT2D eigenvalue weighted by Crippen LogP contribution is 2.27. The van der Waals surface area contributed by atoms with Gasteiger partial charge in [0.05, 0.1) is 0 Å². The van der Waals surface area contributed by atoms with E-state index in [1.54, 1.807) is 0 Å². The average Bonchev–Trinajstić information content (AvgIpc) is 2.48. The molecule has 0 N–H and O–H groups in total. The van der Waals surface area contributed by atoms with Gasteiger partial charge in [-0.3, -0.25) is 0 Å². The van der Waals surface area contributed by atoms with Gasteiger partial charge in [-0.15, -0.1) is 0 Å². The quantitative estimate of drug-likeness (QED) is 0.808. The third kappa shape index (κ3) is 3.31. The SMILES string of the molecule is C=C(C1=CC(c2ccccc2)CN(C)C1)N(CC)CC. The molecule has 2 nitrogen and oxygen atoms in total. The predicted octanol–water partition coefficient (Wildman–Crippen LogP) is 3.50. The predicted molar refractivity (Wildman–Crippen MR) is 86.8 cm³/mol. The minimum absolute atomic E-state index is 0.470. The lowest BCUT2D eigenvalue weighted by molar-refractivity contribution is 0.319. The lowest BCUT2D eigenvalue weighted by Gasteiger charge is -2.33. The Morgan fingerprint density at radius 1 is 1.25 bits per heavy atom. The third-order valence-corrected chi connectivity index (χ3v) is 4.09. The van der Waals surface area contributed by atoms with Crippen LogP contribution in [0.25, 0.3) is 0 Å². The Balaban J connectivity index is 2.24. The second-order valence-electron chi connectivity index (χ2n) is 5.52. The van der Waals surface area contributed by atoms with Crippen LogP contribution in [-0.4, -0.2) is 43.0 Å². The summed E-state index contributed by atoms with van der Waals surface area (Å²) in [4.78, 5) is 4.73. The topological polar surface area (TPSA) is 6.48 Å². The molecule has 0 fully saturated rings. The minimum Gasteiger partial charge on any atom is -0.372 e. The van der Waals surface area contributed by atoms with Crippen molar-refractivity contribution in [3.05, 3.63) is 59.8 Å². The van der Waals surface area contributed by atoms with Crippen molar-refractivity contribution < 1.29 is 0 Å². The Bertz CT molecular complexity index is 471. The van der Waals surface area contributed by atoms with Gasteiger partial charge in [-0.2, -0.15) is 0 Å². The summed E-state index contributed by atoms with van der Waals surface area (Å²) < 4.78 is 0. The second-order valence-corrected chi connectivity index (χ2v) is 5.52. The molecular formula is C18H26N2. The van der Waals surface area contributed by atoms with Crippen molar-refractivity contribution in [2.75, 3.05) is 33.2 Å². The van der Waals surface area contributed by atoms with Gasteiger partial charge in [0, 0.05) is 37.8 Å². The Hall–Kier alpha value is -1.54. The zero-order valence-corrected chi connectivity index (χ0v) is 13.0. The molecule has 1 aliphatic heterocycles. The Morgan fingerprint density at radius 2 is 1.90 bits per heavy atom. The van der Waals surface area contributed by atoms with Crippen molar-refractivity contribution >= 4 is 0 Å². The molecule has 1 unspecified atom stereocenters. The van der Waals surface area contributed by atoms with Gasteiger partial charge in [-0.25, -0.2) is 0 Å². The number of rotatable bonds is 5. The van der Waals surface area contributed by atoms with E-state index < -0.39 is 0 Å². The van der Waals surface area contributed by atoms with Gasteiger partial charge in [0.25, 0.3) is 0 Å². The van der Waals surface area contributed by atoms with Gasteiger partial charge in [0.1, 0.15) is 0 Å². The smallest absolute Gasteiger partial charge is 0.0335 e. The first-order valence-electron chi connectivity index (χ1n) is 7.54. The second kappa shape index (κ2) is 6.76. The van der Waals surface area contributed by atoms with Crippen LogP contribution in [0.4, 0.5) is 0 Å². The molecule has 0 saturated carbocycles. The zero-order chi connectivity index (χ0) is 14.5. The van der Waals surface area contributed by atoms with Crippen LogP contribution in [0.2, 0.25) is 0 Å². The first kappa shape index (κ1) is 14.9.